The summed E-state index contributed by atoms with van der Waals surface area (Å²) in [7, 11) is 1.64. The number of amides is 1. The topological polar surface area (TPSA) is 96.5 Å². The van der Waals surface area contributed by atoms with Gasteiger partial charge in [0, 0.05) is 18.8 Å². The van der Waals surface area contributed by atoms with Gasteiger partial charge in [0.05, 0.1) is 23.3 Å². The lowest BCUT2D eigenvalue weighted by atomic mass is 10.1. The van der Waals surface area contributed by atoms with Crippen molar-refractivity contribution in [2.24, 2.45) is 5.73 Å². The average molecular weight is 271 g/mol. The molecular weight excluding hydrogens is 254 g/mol. The van der Waals surface area contributed by atoms with Crippen LogP contribution in [0.5, 0.6) is 0 Å². The third-order valence-corrected chi connectivity index (χ3v) is 3.25. The molecular formula is C11H17N3O3S. The van der Waals surface area contributed by atoms with Crippen molar-refractivity contribution in [3.8, 4) is 0 Å². The number of aryl methyl sites for hydroxylation is 1. The van der Waals surface area contributed by atoms with Gasteiger partial charge in [0.1, 0.15) is 0 Å². The number of rotatable bonds is 6. The SMILES string of the molecule is Cc1nc(CN(C)C(=O)C(N)CCC(=O)O)cs1. The van der Waals surface area contributed by atoms with E-state index in [-0.39, 0.29) is 18.7 Å². The summed E-state index contributed by atoms with van der Waals surface area (Å²) in [5, 5.41) is 11.4. The van der Waals surface area contributed by atoms with E-state index < -0.39 is 12.0 Å². The van der Waals surface area contributed by atoms with Crippen LogP contribution >= 0.6 is 11.3 Å². The molecule has 7 heteroatoms. The summed E-state index contributed by atoms with van der Waals surface area (Å²) in [5.74, 6) is -1.21. The number of nitrogens with two attached hydrogens (primary N) is 1. The third-order valence-electron chi connectivity index (χ3n) is 2.43. The van der Waals surface area contributed by atoms with Crippen LogP contribution in [-0.4, -0.2) is 40.0 Å². The molecule has 3 N–H and O–H groups in total. The molecule has 18 heavy (non-hydrogen) atoms. The quantitative estimate of drug-likeness (QED) is 0.790. The summed E-state index contributed by atoms with van der Waals surface area (Å²) < 4.78 is 0. The summed E-state index contributed by atoms with van der Waals surface area (Å²) in [6.45, 7) is 2.29. The zero-order chi connectivity index (χ0) is 13.7. The van der Waals surface area contributed by atoms with Gasteiger partial charge < -0.3 is 15.7 Å². The molecule has 0 saturated heterocycles. The fraction of sp³-hybridized carbons (Fsp3) is 0.545. The number of hydrogen-bond acceptors (Lipinski definition) is 5. The minimum absolute atomic E-state index is 0.101. The summed E-state index contributed by atoms with van der Waals surface area (Å²) in [6, 6.07) is -0.772. The van der Waals surface area contributed by atoms with Gasteiger partial charge in [-0.3, -0.25) is 9.59 Å². The minimum atomic E-state index is -0.948. The third kappa shape index (κ3) is 4.42. The number of aliphatic carboxylic acids is 1. The Kier molecular flexibility index (Phi) is 5.24. The first kappa shape index (κ1) is 14.6. The Bertz CT molecular complexity index is 433. The Morgan fingerprint density at radius 2 is 2.28 bits per heavy atom. The van der Waals surface area contributed by atoms with E-state index in [2.05, 4.69) is 4.98 Å². The molecule has 1 rings (SSSR count). The Labute approximate surface area is 109 Å². The number of thiazole rings is 1. The molecule has 0 aromatic carbocycles. The normalized spacial score (nSPS) is 12.2. The van der Waals surface area contributed by atoms with Crippen molar-refractivity contribution in [1.29, 1.82) is 0 Å². The van der Waals surface area contributed by atoms with Crippen LogP contribution in [0.25, 0.3) is 0 Å². The molecule has 1 atom stereocenters. The first-order valence-electron chi connectivity index (χ1n) is 5.53. The highest BCUT2D eigenvalue weighted by atomic mass is 32.1. The molecule has 1 amide bonds. The predicted octanol–water partition coefficient (Wildman–Crippen LogP) is 0.602. The van der Waals surface area contributed by atoms with Crippen molar-refractivity contribution in [3.05, 3.63) is 16.1 Å². The molecule has 1 heterocycles. The minimum Gasteiger partial charge on any atom is -0.481 e. The highest BCUT2D eigenvalue weighted by molar-refractivity contribution is 7.09. The molecule has 1 unspecified atom stereocenters. The molecule has 0 radical (unpaired) electrons. The molecule has 100 valence electrons. The van der Waals surface area contributed by atoms with Crippen LogP contribution < -0.4 is 5.73 Å². The maximum atomic E-state index is 11.9. The Morgan fingerprint density at radius 3 is 2.78 bits per heavy atom. The second-order valence-corrected chi connectivity index (χ2v) is 5.15. The van der Waals surface area contributed by atoms with Gasteiger partial charge in [-0.25, -0.2) is 4.98 Å². The Balaban J connectivity index is 2.47. The lowest BCUT2D eigenvalue weighted by Crippen LogP contribution is -2.41. The number of carbonyl (C=O) groups is 2. The van der Waals surface area contributed by atoms with Crippen LogP contribution in [0.3, 0.4) is 0 Å². The second-order valence-electron chi connectivity index (χ2n) is 4.09. The summed E-state index contributed by atoms with van der Waals surface area (Å²) in [5.41, 5.74) is 6.47. The van der Waals surface area contributed by atoms with Crippen LogP contribution in [0.1, 0.15) is 23.5 Å². The number of carbonyl (C=O) groups excluding carboxylic acids is 1. The molecule has 0 bridgehead atoms. The van der Waals surface area contributed by atoms with Crippen molar-refractivity contribution < 1.29 is 14.7 Å². The maximum Gasteiger partial charge on any atom is 0.303 e. The molecule has 0 spiro atoms. The average Bonchev–Trinajstić information content (AvgIpc) is 2.70. The fourth-order valence-electron chi connectivity index (χ4n) is 1.49. The predicted molar refractivity (Wildman–Crippen MR) is 68.2 cm³/mol. The standard InChI is InChI=1S/C11H17N3O3S/c1-7-13-8(6-18-7)5-14(2)11(17)9(12)3-4-10(15)16/h6,9H,3-5,12H2,1-2H3,(H,15,16). The van der Waals surface area contributed by atoms with Gasteiger partial charge in [0.2, 0.25) is 5.91 Å². The van der Waals surface area contributed by atoms with Crippen molar-refractivity contribution in [3.63, 3.8) is 0 Å². The van der Waals surface area contributed by atoms with Gasteiger partial charge in [0.15, 0.2) is 0 Å². The van der Waals surface area contributed by atoms with E-state index in [1.54, 1.807) is 7.05 Å². The van der Waals surface area contributed by atoms with E-state index in [1.165, 1.54) is 16.2 Å². The molecule has 6 nitrogen and oxygen atoms in total. The van der Waals surface area contributed by atoms with Gasteiger partial charge >= 0.3 is 5.97 Å². The maximum absolute atomic E-state index is 11.9. The van der Waals surface area contributed by atoms with E-state index in [0.717, 1.165) is 10.7 Å². The highest BCUT2D eigenvalue weighted by Gasteiger charge is 2.19. The van der Waals surface area contributed by atoms with Crippen molar-refractivity contribution in [1.82, 2.24) is 9.88 Å². The molecule has 1 aromatic heterocycles. The number of carboxylic acids is 1. The van der Waals surface area contributed by atoms with Crippen LogP contribution in [0.2, 0.25) is 0 Å². The van der Waals surface area contributed by atoms with Gasteiger partial charge in [0.25, 0.3) is 0 Å². The first-order chi connectivity index (χ1) is 8.40. The number of aromatic nitrogens is 1. The van der Waals surface area contributed by atoms with Gasteiger partial charge in [-0.2, -0.15) is 0 Å². The molecule has 0 aliphatic heterocycles. The highest BCUT2D eigenvalue weighted by Crippen LogP contribution is 2.10. The van der Waals surface area contributed by atoms with E-state index >= 15 is 0 Å². The molecule has 0 aliphatic carbocycles. The van der Waals surface area contributed by atoms with E-state index in [9.17, 15) is 9.59 Å². The molecule has 1 aromatic rings. The van der Waals surface area contributed by atoms with Gasteiger partial charge in [-0.15, -0.1) is 11.3 Å². The number of likely N-dealkylation sites (N-methyl/N-ethyl adjacent to an activating group) is 1. The summed E-state index contributed by atoms with van der Waals surface area (Å²) >= 11 is 1.52. The summed E-state index contributed by atoms with van der Waals surface area (Å²) in [4.78, 5) is 28.0. The molecule has 0 aliphatic rings. The smallest absolute Gasteiger partial charge is 0.303 e. The molecule has 0 saturated carbocycles. The van der Waals surface area contributed by atoms with Crippen molar-refractivity contribution >= 4 is 23.2 Å². The fourth-order valence-corrected chi connectivity index (χ4v) is 2.09. The van der Waals surface area contributed by atoms with E-state index in [0.29, 0.717) is 6.54 Å². The van der Waals surface area contributed by atoms with Crippen LogP contribution in [0, 0.1) is 6.92 Å². The zero-order valence-corrected chi connectivity index (χ0v) is 11.2. The lowest BCUT2D eigenvalue weighted by molar-refractivity contribution is -0.137. The first-order valence-corrected chi connectivity index (χ1v) is 6.41. The van der Waals surface area contributed by atoms with E-state index in [1.807, 2.05) is 12.3 Å². The largest absolute Gasteiger partial charge is 0.481 e. The van der Waals surface area contributed by atoms with Crippen molar-refractivity contribution in [2.75, 3.05) is 7.05 Å². The number of hydrogen-bond donors (Lipinski definition) is 2. The number of carboxylic acid groups (broad SMARTS) is 1. The van der Waals surface area contributed by atoms with Crippen LogP contribution in [-0.2, 0) is 16.1 Å². The monoisotopic (exact) mass is 271 g/mol. The van der Waals surface area contributed by atoms with Gasteiger partial charge in [-0.05, 0) is 13.3 Å². The summed E-state index contributed by atoms with van der Waals surface area (Å²) in [6.07, 6.45) is 0.0468. The van der Waals surface area contributed by atoms with Crippen LogP contribution in [0.4, 0.5) is 0 Å². The lowest BCUT2D eigenvalue weighted by Gasteiger charge is -2.20. The van der Waals surface area contributed by atoms with Crippen LogP contribution in [0.15, 0.2) is 5.38 Å². The van der Waals surface area contributed by atoms with E-state index in [4.69, 9.17) is 10.8 Å². The Hall–Kier alpha value is -1.47. The second kappa shape index (κ2) is 6.46. The van der Waals surface area contributed by atoms with Crippen molar-refractivity contribution in [2.45, 2.75) is 32.4 Å². The molecule has 0 fully saturated rings. The van der Waals surface area contributed by atoms with Gasteiger partial charge in [-0.1, -0.05) is 0 Å². The Morgan fingerprint density at radius 1 is 1.61 bits per heavy atom. The zero-order valence-electron chi connectivity index (χ0n) is 10.4. The number of nitrogens with zero attached hydrogens (tertiary/aromatic N) is 2.